The van der Waals surface area contributed by atoms with Crippen LogP contribution in [-0.4, -0.2) is 38.1 Å². The number of carbonyl (C=O) groups is 1. The molecule has 0 aliphatic rings. The maximum Gasteiger partial charge on any atom is 0.349 e. The monoisotopic (exact) mass is 525 g/mol. The normalized spacial score (nSPS) is 12.1. The van der Waals surface area contributed by atoms with E-state index in [1.165, 1.54) is 4.52 Å². The van der Waals surface area contributed by atoms with Crippen LogP contribution in [0.3, 0.4) is 0 Å². The molecule has 2 heterocycles. The molecule has 0 fully saturated rings. The van der Waals surface area contributed by atoms with Crippen molar-refractivity contribution in [3.8, 4) is 0 Å². The number of hydrogen-bond acceptors (Lipinski definition) is 4. The zero-order valence-corrected chi connectivity index (χ0v) is 21.8. The zero-order valence-electron chi connectivity index (χ0n) is 20.3. The molecule has 0 aliphatic carbocycles. The standard InChI is InChI=1S/C27H29Cl2N5O2/c1-3-22(32(15-7-14-30)26(35)20-10-12-21(28)13-11-20)23-16-24-25(29)18(2)31-34(24)27(36)33(23)17-19-8-5-4-6-9-19/h4-6,8-13,16,22H,3,7,14-15,17,30H2,1-2H3. The second kappa shape index (κ2) is 11.3. The minimum Gasteiger partial charge on any atom is -0.330 e. The number of aromatic nitrogens is 3. The zero-order chi connectivity index (χ0) is 25.8. The van der Waals surface area contributed by atoms with Crippen LogP contribution in [0, 0.1) is 6.92 Å². The maximum atomic E-state index is 13.7. The summed E-state index contributed by atoms with van der Waals surface area (Å²) in [6.45, 7) is 4.97. The summed E-state index contributed by atoms with van der Waals surface area (Å²) in [5, 5.41) is 5.35. The molecule has 1 unspecified atom stereocenters. The number of halogens is 2. The van der Waals surface area contributed by atoms with Crippen molar-refractivity contribution in [2.24, 2.45) is 5.73 Å². The van der Waals surface area contributed by atoms with Gasteiger partial charge in [0.25, 0.3) is 5.91 Å². The lowest BCUT2D eigenvalue weighted by Crippen LogP contribution is -2.40. The molecule has 1 amide bonds. The quantitative estimate of drug-likeness (QED) is 0.329. The van der Waals surface area contributed by atoms with Crippen molar-refractivity contribution in [2.45, 2.75) is 39.3 Å². The van der Waals surface area contributed by atoms with Gasteiger partial charge in [0.15, 0.2) is 0 Å². The van der Waals surface area contributed by atoms with Gasteiger partial charge in [-0.05, 0) is 62.2 Å². The molecule has 7 nitrogen and oxygen atoms in total. The molecule has 188 valence electrons. The topological polar surface area (TPSA) is 85.6 Å². The van der Waals surface area contributed by atoms with E-state index in [1.807, 2.05) is 43.3 Å². The smallest absolute Gasteiger partial charge is 0.330 e. The molecule has 2 aromatic heterocycles. The summed E-state index contributed by atoms with van der Waals surface area (Å²) in [6, 6.07) is 18.0. The third-order valence-electron chi connectivity index (χ3n) is 6.27. The van der Waals surface area contributed by atoms with Gasteiger partial charge in [-0.3, -0.25) is 9.36 Å². The highest BCUT2D eigenvalue weighted by atomic mass is 35.5. The second-order valence-corrected chi connectivity index (χ2v) is 9.51. The minimum atomic E-state index is -0.396. The van der Waals surface area contributed by atoms with Crippen molar-refractivity contribution >= 4 is 34.6 Å². The summed E-state index contributed by atoms with van der Waals surface area (Å²) in [6.07, 6.45) is 1.20. The van der Waals surface area contributed by atoms with Crippen molar-refractivity contribution in [1.82, 2.24) is 19.1 Å². The van der Waals surface area contributed by atoms with E-state index < -0.39 is 6.04 Å². The molecule has 2 N–H and O–H groups in total. The number of nitrogens with zero attached hydrogens (tertiary/aromatic N) is 4. The largest absolute Gasteiger partial charge is 0.349 e. The van der Waals surface area contributed by atoms with Crippen LogP contribution in [0.5, 0.6) is 0 Å². The van der Waals surface area contributed by atoms with E-state index >= 15 is 0 Å². The second-order valence-electron chi connectivity index (χ2n) is 8.69. The van der Waals surface area contributed by atoms with E-state index in [9.17, 15) is 9.59 Å². The van der Waals surface area contributed by atoms with Crippen molar-refractivity contribution in [3.63, 3.8) is 0 Å². The number of aryl methyl sites for hydroxylation is 1. The molecule has 0 aliphatic heterocycles. The van der Waals surface area contributed by atoms with Gasteiger partial charge in [-0.1, -0.05) is 60.5 Å². The molecule has 9 heteroatoms. The number of hydrogen-bond donors (Lipinski definition) is 1. The number of fused-ring (bicyclic) bond motifs is 1. The van der Waals surface area contributed by atoms with Gasteiger partial charge in [0.2, 0.25) is 0 Å². The predicted octanol–water partition coefficient (Wildman–Crippen LogP) is 5.10. The Bertz CT molecular complexity index is 1410. The highest BCUT2D eigenvalue weighted by molar-refractivity contribution is 6.34. The van der Waals surface area contributed by atoms with Gasteiger partial charge in [0.1, 0.15) is 0 Å². The first-order valence-electron chi connectivity index (χ1n) is 11.9. The van der Waals surface area contributed by atoms with Gasteiger partial charge in [0, 0.05) is 22.8 Å². The van der Waals surface area contributed by atoms with Crippen LogP contribution in [0.15, 0.2) is 65.5 Å². The van der Waals surface area contributed by atoms with Crippen molar-refractivity contribution in [3.05, 3.63) is 104 Å². The van der Waals surface area contributed by atoms with E-state index in [0.29, 0.717) is 65.0 Å². The number of rotatable bonds is 9. The number of nitrogens with two attached hydrogens (primary N) is 1. The molecule has 0 saturated carbocycles. The fourth-order valence-electron chi connectivity index (χ4n) is 4.45. The third-order valence-corrected chi connectivity index (χ3v) is 6.99. The van der Waals surface area contributed by atoms with Gasteiger partial charge in [0.05, 0.1) is 28.8 Å². The van der Waals surface area contributed by atoms with E-state index in [1.54, 1.807) is 40.7 Å². The summed E-state index contributed by atoms with van der Waals surface area (Å²) in [7, 11) is 0. The van der Waals surface area contributed by atoms with E-state index in [0.717, 1.165) is 5.56 Å². The van der Waals surface area contributed by atoms with Crippen LogP contribution >= 0.6 is 23.2 Å². The fourth-order valence-corrected chi connectivity index (χ4v) is 4.75. The molecule has 2 aromatic carbocycles. The Morgan fingerprint density at radius 1 is 1.11 bits per heavy atom. The van der Waals surface area contributed by atoms with Crippen LogP contribution in [-0.2, 0) is 6.54 Å². The first kappa shape index (κ1) is 25.9. The average molecular weight is 526 g/mol. The lowest BCUT2D eigenvalue weighted by atomic mass is 10.0. The number of carbonyl (C=O) groups excluding carboxylic acids is 1. The average Bonchev–Trinajstić information content (AvgIpc) is 3.18. The Morgan fingerprint density at radius 3 is 2.44 bits per heavy atom. The molecular formula is C27H29Cl2N5O2. The Hall–Kier alpha value is -3.13. The predicted molar refractivity (Wildman–Crippen MR) is 144 cm³/mol. The summed E-state index contributed by atoms with van der Waals surface area (Å²) in [4.78, 5) is 29.2. The lowest BCUT2D eigenvalue weighted by molar-refractivity contribution is 0.0660. The molecule has 4 rings (SSSR count). The Morgan fingerprint density at radius 2 is 1.81 bits per heavy atom. The van der Waals surface area contributed by atoms with E-state index in [2.05, 4.69) is 5.10 Å². The van der Waals surface area contributed by atoms with Gasteiger partial charge >= 0.3 is 5.69 Å². The highest BCUT2D eigenvalue weighted by Crippen LogP contribution is 2.30. The van der Waals surface area contributed by atoms with Crippen LogP contribution in [0.4, 0.5) is 0 Å². The molecule has 0 saturated heterocycles. The van der Waals surface area contributed by atoms with Gasteiger partial charge in [-0.25, -0.2) is 4.79 Å². The number of amides is 1. The van der Waals surface area contributed by atoms with Gasteiger partial charge in [-0.15, -0.1) is 0 Å². The van der Waals surface area contributed by atoms with E-state index in [-0.39, 0.29) is 11.6 Å². The molecule has 0 spiro atoms. The summed E-state index contributed by atoms with van der Waals surface area (Å²) >= 11 is 12.6. The van der Waals surface area contributed by atoms with Crippen molar-refractivity contribution in [1.29, 1.82) is 0 Å². The van der Waals surface area contributed by atoms with Gasteiger partial charge < -0.3 is 10.6 Å². The summed E-state index contributed by atoms with van der Waals surface area (Å²) < 4.78 is 3.02. The molecule has 36 heavy (non-hydrogen) atoms. The van der Waals surface area contributed by atoms with E-state index in [4.69, 9.17) is 28.9 Å². The Balaban J connectivity index is 1.90. The summed E-state index contributed by atoms with van der Waals surface area (Å²) in [5.74, 6) is -0.152. The molecule has 0 radical (unpaired) electrons. The van der Waals surface area contributed by atoms with Crippen LogP contribution in [0.25, 0.3) is 5.52 Å². The first-order chi connectivity index (χ1) is 17.3. The summed E-state index contributed by atoms with van der Waals surface area (Å²) in [5.41, 5.74) is 8.79. The van der Waals surface area contributed by atoms with Crippen LogP contribution in [0.1, 0.15) is 53.1 Å². The lowest BCUT2D eigenvalue weighted by Gasteiger charge is -2.33. The third kappa shape index (κ3) is 5.19. The molecular weight excluding hydrogens is 497 g/mol. The SMILES string of the molecule is CCC(c1cc2c(Cl)c(C)nn2c(=O)n1Cc1ccccc1)N(CCCN)C(=O)c1ccc(Cl)cc1. The Labute approximate surface area is 220 Å². The molecule has 0 bridgehead atoms. The maximum absolute atomic E-state index is 13.7. The van der Waals surface area contributed by atoms with Crippen molar-refractivity contribution < 1.29 is 4.79 Å². The first-order valence-corrected chi connectivity index (χ1v) is 12.7. The minimum absolute atomic E-state index is 0.152. The van der Waals surface area contributed by atoms with Gasteiger partial charge in [-0.2, -0.15) is 9.61 Å². The molecule has 4 aromatic rings. The van der Waals surface area contributed by atoms with Crippen molar-refractivity contribution in [2.75, 3.05) is 13.1 Å². The molecule has 1 atom stereocenters. The number of benzene rings is 2. The van der Waals surface area contributed by atoms with Crippen LogP contribution < -0.4 is 11.4 Å². The van der Waals surface area contributed by atoms with Crippen LogP contribution in [0.2, 0.25) is 10.0 Å². The fraction of sp³-hybridized carbons (Fsp3) is 0.296. The highest BCUT2D eigenvalue weighted by Gasteiger charge is 2.29. The Kier molecular flexibility index (Phi) is 8.14.